The third-order valence-corrected chi connectivity index (χ3v) is 4.23. The molecule has 0 saturated heterocycles. The molecule has 0 heterocycles. The highest BCUT2D eigenvalue weighted by atomic mass is 16.5. The molecule has 2 rings (SSSR count). The van der Waals surface area contributed by atoms with Crippen molar-refractivity contribution in [2.24, 2.45) is 10.4 Å². The van der Waals surface area contributed by atoms with Crippen LogP contribution in [0.1, 0.15) is 45.1 Å². The van der Waals surface area contributed by atoms with Crippen LogP contribution in [-0.2, 0) is 14.3 Å². The van der Waals surface area contributed by atoms with Crippen LogP contribution in [0.5, 0.6) is 0 Å². The Morgan fingerprint density at radius 3 is 2.44 bits per heavy atom. The molecule has 5 nitrogen and oxygen atoms in total. The number of aliphatic hydroxyl groups is 1. The molecule has 1 aromatic rings. The van der Waals surface area contributed by atoms with Gasteiger partial charge >= 0.3 is 5.97 Å². The fourth-order valence-electron chi connectivity index (χ4n) is 2.93. The van der Waals surface area contributed by atoms with Gasteiger partial charge in [-0.2, -0.15) is 0 Å². The number of Topliss-reactive ketones (excluding diaryl/α,β-unsaturated/α-hetero) is 1. The van der Waals surface area contributed by atoms with Gasteiger partial charge in [-0.3, -0.25) is 14.6 Å². The van der Waals surface area contributed by atoms with Gasteiger partial charge in [0.1, 0.15) is 5.76 Å². The summed E-state index contributed by atoms with van der Waals surface area (Å²) in [6.07, 6.45) is 1.03. The Hall–Kier alpha value is -2.43. The molecule has 0 unspecified atom stereocenters. The number of esters is 1. The predicted octanol–water partition coefficient (Wildman–Crippen LogP) is 4.22. The zero-order valence-corrected chi connectivity index (χ0v) is 15.3. The lowest BCUT2D eigenvalue weighted by molar-refractivity contribution is -0.140. The number of hydrogen-bond acceptors (Lipinski definition) is 5. The van der Waals surface area contributed by atoms with Crippen LogP contribution < -0.4 is 0 Å². The molecule has 1 fully saturated rings. The quantitative estimate of drug-likeness (QED) is 0.504. The fourth-order valence-corrected chi connectivity index (χ4v) is 2.93. The lowest BCUT2D eigenvalue weighted by atomic mass is 9.73. The van der Waals surface area contributed by atoms with Crippen molar-refractivity contribution >= 4 is 23.2 Å². The SMILES string of the molecule is COC(=O)CCC(O)=C1C(=O)CC(C)(C)CC1=Nc1ccc(C)cc1. The number of aliphatic imine (C=N–C) groups is 1. The highest BCUT2D eigenvalue weighted by molar-refractivity contribution is 6.25. The van der Waals surface area contributed by atoms with E-state index in [9.17, 15) is 14.7 Å². The maximum absolute atomic E-state index is 12.6. The largest absolute Gasteiger partial charge is 0.511 e. The number of ketones is 1. The first kappa shape index (κ1) is 18.9. The maximum atomic E-state index is 12.6. The number of benzene rings is 1. The van der Waals surface area contributed by atoms with Gasteiger partial charge in [0, 0.05) is 12.8 Å². The van der Waals surface area contributed by atoms with Crippen molar-refractivity contribution in [3.8, 4) is 0 Å². The molecule has 0 spiro atoms. The Morgan fingerprint density at radius 2 is 1.84 bits per heavy atom. The summed E-state index contributed by atoms with van der Waals surface area (Å²) in [6, 6.07) is 7.68. The summed E-state index contributed by atoms with van der Waals surface area (Å²) in [6.45, 7) is 6.02. The first-order chi connectivity index (χ1) is 11.7. The second-order valence-electron chi connectivity index (χ2n) is 7.23. The van der Waals surface area contributed by atoms with Crippen LogP contribution in [0.25, 0.3) is 0 Å². The van der Waals surface area contributed by atoms with Gasteiger partial charge in [0.25, 0.3) is 0 Å². The van der Waals surface area contributed by atoms with E-state index < -0.39 is 5.97 Å². The van der Waals surface area contributed by atoms with E-state index in [0.717, 1.165) is 11.3 Å². The van der Waals surface area contributed by atoms with E-state index in [4.69, 9.17) is 0 Å². The van der Waals surface area contributed by atoms with E-state index >= 15 is 0 Å². The Balaban J connectivity index is 2.40. The second kappa shape index (κ2) is 7.64. The highest BCUT2D eigenvalue weighted by Gasteiger charge is 2.36. The normalized spacial score (nSPS) is 20.5. The monoisotopic (exact) mass is 343 g/mol. The van der Waals surface area contributed by atoms with Crippen molar-refractivity contribution in [1.29, 1.82) is 0 Å². The summed E-state index contributed by atoms with van der Waals surface area (Å²) < 4.78 is 4.59. The highest BCUT2D eigenvalue weighted by Crippen LogP contribution is 2.36. The maximum Gasteiger partial charge on any atom is 0.305 e. The van der Waals surface area contributed by atoms with Crippen molar-refractivity contribution in [1.82, 2.24) is 0 Å². The number of aryl methyl sites for hydroxylation is 1. The lowest BCUT2D eigenvalue weighted by Crippen LogP contribution is -2.32. The number of aliphatic hydroxyl groups excluding tert-OH is 1. The molecule has 134 valence electrons. The first-order valence-electron chi connectivity index (χ1n) is 8.38. The molecule has 0 atom stereocenters. The number of rotatable bonds is 4. The van der Waals surface area contributed by atoms with E-state index in [1.807, 2.05) is 45.0 Å². The average Bonchev–Trinajstić information content (AvgIpc) is 2.53. The summed E-state index contributed by atoms with van der Waals surface area (Å²) >= 11 is 0. The Bertz CT molecular complexity index is 727. The van der Waals surface area contributed by atoms with Gasteiger partial charge < -0.3 is 9.84 Å². The standard InChI is InChI=1S/C20H25NO4/c1-13-5-7-14(8-6-13)21-15-11-20(2,3)12-17(23)19(15)16(22)9-10-18(24)25-4/h5-8,22H,9-12H2,1-4H3. The van der Waals surface area contributed by atoms with Gasteiger partial charge in [-0.25, -0.2) is 0 Å². The zero-order chi connectivity index (χ0) is 18.6. The van der Waals surface area contributed by atoms with Crippen molar-refractivity contribution in [2.45, 2.75) is 46.5 Å². The van der Waals surface area contributed by atoms with Crippen LogP contribution in [-0.4, -0.2) is 29.7 Å². The van der Waals surface area contributed by atoms with E-state index in [1.165, 1.54) is 7.11 Å². The molecule has 0 radical (unpaired) electrons. The minimum absolute atomic E-state index is 0.0281. The van der Waals surface area contributed by atoms with Crippen LogP contribution in [0.3, 0.4) is 0 Å². The van der Waals surface area contributed by atoms with E-state index in [-0.39, 0.29) is 35.4 Å². The third kappa shape index (κ3) is 5.02. The Labute approximate surface area is 148 Å². The molecule has 0 bridgehead atoms. The molecule has 0 amide bonds. The van der Waals surface area contributed by atoms with Crippen LogP contribution in [0.4, 0.5) is 5.69 Å². The molecule has 25 heavy (non-hydrogen) atoms. The van der Waals surface area contributed by atoms with Crippen LogP contribution in [0, 0.1) is 12.3 Å². The molecule has 5 heteroatoms. The number of nitrogens with zero attached hydrogens (tertiary/aromatic N) is 1. The molecule has 1 aliphatic carbocycles. The van der Waals surface area contributed by atoms with Gasteiger partial charge in [-0.1, -0.05) is 31.5 Å². The minimum Gasteiger partial charge on any atom is -0.511 e. The van der Waals surface area contributed by atoms with Crippen LogP contribution >= 0.6 is 0 Å². The summed E-state index contributed by atoms with van der Waals surface area (Å²) in [5.74, 6) is -0.644. The average molecular weight is 343 g/mol. The minimum atomic E-state index is -0.423. The summed E-state index contributed by atoms with van der Waals surface area (Å²) in [5, 5.41) is 10.4. The number of hydrogen-bond donors (Lipinski definition) is 1. The Morgan fingerprint density at radius 1 is 1.20 bits per heavy atom. The fraction of sp³-hybridized carbons (Fsp3) is 0.450. The third-order valence-electron chi connectivity index (χ3n) is 4.23. The molecule has 0 aromatic heterocycles. The first-order valence-corrected chi connectivity index (χ1v) is 8.38. The number of allylic oxidation sites excluding steroid dienone is 2. The molecule has 1 aromatic carbocycles. The van der Waals surface area contributed by atoms with Gasteiger partial charge in [0.2, 0.25) is 0 Å². The van der Waals surface area contributed by atoms with Crippen molar-refractivity contribution in [3.05, 3.63) is 41.2 Å². The molecule has 1 saturated carbocycles. The summed E-state index contributed by atoms with van der Waals surface area (Å²) in [5.41, 5.74) is 2.48. The second-order valence-corrected chi connectivity index (χ2v) is 7.23. The number of carbonyl (C=O) groups excluding carboxylic acids is 2. The number of carbonyl (C=O) groups is 2. The van der Waals surface area contributed by atoms with Crippen molar-refractivity contribution in [2.75, 3.05) is 7.11 Å². The van der Waals surface area contributed by atoms with E-state index in [2.05, 4.69) is 9.73 Å². The van der Waals surface area contributed by atoms with Gasteiger partial charge in [-0.15, -0.1) is 0 Å². The topological polar surface area (TPSA) is 76.0 Å². The predicted molar refractivity (Wildman–Crippen MR) is 97.2 cm³/mol. The lowest BCUT2D eigenvalue weighted by Gasteiger charge is -2.31. The molecular formula is C20H25NO4. The summed E-state index contributed by atoms with van der Waals surface area (Å²) in [7, 11) is 1.30. The van der Waals surface area contributed by atoms with Gasteiger partial charge in [0.15, 0.2) is 5.78 Å². The van der Waals surface area contributed by atoms with Gasteiger partial charge in [-0.05, 0) is 30.9 Å². The van der Waals surface area contributed by atoms with E-state index in [0.29, 0.717) is 18.6 Å². The molecular weight excluding hydrogens is 318 g/mol. The smallest absolute Gasteiger partial charge is 0.305 e. The Kier molecular flexibility index (Phi) is 5.77. The zero-order valence-electron chi connectivity index (χ0n) is 15.3. The van der Waals surface area contributed by atoms with Gasteiger partial charge in [0.05, 0.1) is 30.5 Å². The number of ether oxygens (including phenoxy) is 1. The number of methoxy groups -OCH3 is 1. The van der Waals surface area contributed by atoms with Crippen molar-refractivity contribution < 1.29 is 19.4 Å². The molecule has 1 aliphatic rings. The van der Waals surface area contributed by atoms with Crippen LogP contribution in [0.2, 0.25) is 0 Å². The van der Waals surface area contributed by atoms with Crippen molar-refractivity contribution in [3.63, 3.8) is 0 Å². The molecule has 1 N–H and O–H groups in total. The van der Waals surface area contributed by atoms with E-state index in [1.54, 1.807) is 0 Å². The summed E-state index contributed by atoms with van der Waals surface area (Å²) in [4.78, 5) is 28.5. The van der Waals surface area contributed by atoms with Crippen LogP contribution in [0.15, 0.2) is 40.6 Å². The molecule has 0 aliphatic heterocycles.